The molecule has 0 bridgehead atoms. The van der Waals surface area contributed by atoms with Crippen molar-refractivity contribution in [2.45, 2.75) is 31.1 Å². The summed E-state index contributed by atoms with van der Waals surface area (Å²) in [6.07, 6.45) is 2.57. The molecule has 0 saturated carbocycles. The number of carbonyl (C=O) groups excluding carboxylic acids is 1. The first-order chi connectivity index (χ1) is 13.7. The number of nitro groups is 1. The topological polar surface area (TPSA) is 110 Å². The van der Waals surface area contributed by atoms with Gasteiger partial charge in [0.2, 0.25) is 15.8 Å². The number of rotatable bonds is 5. The number of aryl methyl sites for hydroxylation is 1. The third kappa shape index (κ3) is 4.43. The molecule has 1 amide bonds. The molecule has 2 aromatic rings. The molecule has 154 valence electrons. The number of nitrogens with one attached hydrogen (secondary N) is 1. The number of sulfonamides is 1. The highest BCUT2D eigenvalue weighted by Gasteiger charge is 2.28. The molecular weight excluding hydrogens is 401 g/mol. The highest BCUT2D eigenvalue weighted by molar-refractivity contribution is 7.89. The fourth-order valence-electron chi connectivity index (χ4n) is 3.20. The molecule has 2 aromatic carbocycles. The van der Waals surface area contributed by atoms with Crippen LogP contribution >= 0.6 is 0 Å². The molecule has 0 unspecified atom stereocenters. The van der Waals surface area contributed by atoms with Crippen LogP contribution in [0.3, 0.4) is 0 Å². The molecule has 0 radical (unpaired) electrons. The van der Waals surface area contributed by atoms with Crippen LogP contribution in [0.4, 0.5) is 15.8 Å². The summed E-state index contributed by atoms with van der Waals surface area (Å²) in [6.45, 7) is 2.54. The molecule has 10 heteroatoms. The van der Waals surface area contributed by atoms with E-state index >= 15 is 0 Å². The zero-order chi connectivity index (χ0) is 21.2. The van der Waals surface area contributed by atoms with E-state index in [4.69, 9.17) is 0 Å². The van der Waals surface area contributed by atoms with Crippen molar-refractivity contribution in [2.24, 2.45) is 0 Å². The normalized spacial score (nSPS) is 15.1. The van der Waals surface area contributed by atoms with Crippen molar-refractivity contribution in [3.05, 3.63) is 63.5 Å². The van der Waals surface area contributed by atoms with Crippen molar-refractivity contribution in [2.75, 3.05) is 18.4 Å². The van der Waals surface area contributed by atoms with Crippen LogP contribution in [-0.4, -0.2) is 36.6 Å². The Morgan fingerprint density at radius 1 is 1.14 bits per heavy atom. The summed E-state index contributed by atoms with van der Waals surface area (Å²) in [4.78, 5) is 22.6. The highest BCUT2D eigenvalue weighted by Crippen LogP contribution is 2.26. The maximum absolute atomic E-state index is 13.5. The van der Waals surface area contributed by atoms with E-state index in [9.17, 15) is 27.7 Å². The van der Waals surface area contributed by atoms with Crippen LogP contribution in [-0.2, 0) is 10.0 Å². The summed E-state index contributed by atoms with van der Waals surface area (Å²) in [5, 5.41) is 13.3. The smallest absolute Gasteiger partial charge is 0.306 e. The number of carbonyl (C=O) groups is 1. The van der Waals surface area contributed by atoms with Crippen molar-refractivity contribution in [3.8, 4) is 0 Å². The predicted octanol–water partition coefficient (Wildman–Crippen LogP) is 3.47. The predicted molar refractivity (Wildman–Crippen MR) is 105 cm³/mol. The molecule has 1 N–H and O–H groups in total. The third-order valence-corrected chi connectivity index (χ3v) is 6.82. The van der Waals surface area contributed by atoms with Crippen LogP contribution in [0.25, 0.3) is 0 Å². The van der Waals surface area contributed by atoms with Gasteiger partial charge >= 0.3 is 5.69 Å². The van der Waals surface area contributed by atoms with Crippen LogP contribution in [0.2, 0.25) is 0 Å². The van der Waals surface area contributed by atoms with Crippen molar-refractivity contribution < 1.29 is 22.5 Å². The van der Waals surface area contributed by atoms with E-state index in [0.717, 1.165) is 31.4 Å². The first-order valence-electron chi connectivity index (χ1n) is 9.06. The van der Waals surface area contributed by atoms with Gasteiger partial charge in [0.15, 0.2) is 0 Å². The van der Waals surface area contributed by atoms with E-state index in [2.05, 4.69) is 5.32 Å². The number of amides is 1. The minimum absolute atomic E-state index is 0.0316. The molecule has 29 heavy (non-hydrogen) atoms. The first-order valence-corrected chi connectivity index (χ1v) is 10.5. The largest absolute Gasteiger partial charge is 0.322 e. The number of halogens is 1. The van der Waals surface area contributed by atoms with Gasteiger partial charge in [-0.25, -0.2) is 8.42 Å². The molecule has 0 aromatic heterocycles. The number of nitrogens with zero attached hydrogens (tertiary/aromatic N) is 2. The van der Waals surface area contributed by atoms with E-state index < -0.39 is 32.4 Å². The molecule has 1 heterocycles. The van der Waals surface area contributed by atoms with Gasteiger partial charge < -0.3 is 5.32 Å². The molecule has 1 aliphatic heterocycles. The fourth-order valence-corrected chi connectivity index (χ4v) is 4.97. The van der Waals surface area contributed by atoms with Crippen LogP contribution in [0.5, 0.6) is 0 Å². The zero-order valence-electron chi connectivity index (χ0n) is 15.7. The molecule has 0 aliphatic carbocycles. The molecule has 1 fully saturated rings. The molecule has 8 nitrogen and oxygen atoms in total. The molecule has 1 aliphatic rings. The molecule has 0 spiro atoms. The Bertz CT molecular complexity index is 1070. The number of benzene rings is 2. The van der Waals surface area contributed by atoms with E-state index in [-0.39, 0.29) is 16.1 Å². The average Bonchev–Trinajstić information content (AvgIpc) is 2.70. The maximum Gasteiger partial charge on any atom is 0.306 e. The fraction of sp³-hybridized carbons (Fsp3) is 0.316. The molecule has 1 saturated heterocycles. The average molecular weight is 421 g/mol. The Morgan fingerprint density at radius 2 is 1.83 bits per heavy atom. The van der Waals surface area contributed by atoms with Crippen LogP contribution < -0.4 is 5.32 Å². The van der Waals surface area contributed by atoms with Gasteiger partial charge in [0.05, 0.1) is 9.82 Å². The zero-order valence-corrected chi connectivity index (χ0v) is 16.5. The second kappa shape index (κ2) is 8.26. The van der Waals surface area contributed by atoms with Crippen LogP contribution in [0.15, 0.2) is 41.3 Å². The number of nitro benzene ring substituents is 1. The number of piperidine rings is 1. The van der Waals surface area contributed by atoms with E-state index in [0.29, 0.717) is 18.7 Å². The minimum atomic E-state index is -3.73. The van der Waals surface area contributed by atoms with Crippen LogP contribution in [0, 0.1) is 22.9 Å². The monoisotopic (exact) mass is 421 g/mol. The SMILES string of the molecule is Cc1ccc(C(=O)Nc2ccc(F)c([N+](=O)[O-])c2)cc1S(=O)(=O)N1CCCCC1. The molecule has 3 rings (SSSR count). The van der Waals surface area contributed by atoms with Gasteiger partial charge in [-0.1, -0.05) is 12.5 Å². The Morgan fingerprint density at radius 3 is 2.48 bits per heavy atom. The van der Waals surface area contributed by atoms with Gasteiger partial charge in [-0.2, -0.15) is 8.70 Å². The summed E-state index contributed by atoms with van der Waals surface area (Å²) in [5.74, 6) is -1.67. The third-order valence-electron chi connectivity index (χ3n) is 4.78. The maximum atomic E-state index is 13.5. The lowest BCUT2D eigenvalue weighted by Crippen LogP contribution is -2.36. The van der Waals surface area contributed by atoms with E-state index in [1.54, 1.807) is 13.0 Å². The summed E-state index contributed by atoms with van der Waals surface area (Å²) < 4.78 is 40.8. The van der Waals surface area contributed by atoms with Crippen molar-refractivity contribution in [1.29, 1.82) is 0 Å². The summed E-state index contributed by atoms with van der Waals surface area (Å²) in [6, 6.07) is 7.30. The lowest BCUT2D eigenvalue weighted by atomic mass is 10.1. The Balaban J connectivity index is 1.88. The lowest BCUT2D eigenvalue weighted by molar-refractivity contribution is -0.387. The quantitative estimate of drug-likeness (QED) is 0.587. The minimum Gasteiger partial charge on any atom is -0.322 e. The van der Waals surface area contributed by atoms with Gasteiger partial charge in [-0.05, 0) is 49.6 Å². The van der Waals surface area contributed by atoms with E-state index in [1.165, 1.54) is 22.5 Å². The lowest BCUT2D eigenvalue weighted by Gasteiger charge is -2.26. The number of hydrogen-bond acceptors (Lipinski definition) is 5. The van der Waals surface area contributed by atoms with Gasteiger partial charge in [-0.15, -0.1) is 0 Å². The van der Waals surface area contributed by atoms with Gasteiger partial charge in [-0.3, -0.25) is 14.9 Å². The summed E-state index contributed by atoms with van der Waals surface area (Å²) in [5.41, 5.74) is -0.133. The van der Waals surface area contributed by atoms with Crippen LogP contribution in [0.1, 0.15) is 35.2 Å². The van der Waals surface area contributed by atoms with Gasteiger partial charge in [0.1, 0.15) is 0 Å². The Labute approximate surface area is 167 Å². The van der Waals surface area contributed by atoms with Gasteiger partial charge in [0.25, 0.3) is 5.91 Å². The summed E-state index contributed by atoms with van der Waals surface area (Å²) >= 11 is 0. The number of anilines is 1. The summed E-state index contributed by atoms with van der Waals surface area (Å²) in [7, 11) is -3.73. The standard InChI is InChI=1S/C19H20FN3O5S/c1-13-5-6-14(11-18(13)29(27,28)22-9-3-2-4-10-22)19(24)21-15-7-8-16(20)17(12-15)23(25)26/h5-8,11-12H,2-4,9-10H2,1H3,(H,21,24). The first kappa shape index (κ1) is 20.9. The second-order valence-electron chi connectivity index (χ2n) is 6.82. The second-order valence-corrected chi connectivity index (χ2v) is 8.73. The number of hydrogen-bond donors (Lipinski definition) is 1. The van der Waals surface area contributed by atoms with E-state index in [1.807, 2.05) is 0 Å². The van der Waals surface area contributed by atoms with Crippen molar-refractivity contribution in [3.63, 3.8) is 0 Å². The van der Waals surface area contributed by atoms with Crippen molar-refractivity contribution in [1.82, 2.24) is 4.31 Å². The highest BCUT2D eigenvalue weighted by atomic mass is 32.2. The van der Waals surface area contributed by atoms with Crippen molar-refractivity contribution >= 4 is 27.3 Å². The Hall–Kier alpha value is -2.85. The molecule has 0 atom stereocenters. The van der Waals surface area contributed by atoms with Gasteiger partial charge in [0, 0.05) is 30.4 Å². The Kier molecular flexibility index (Phi) is 5.94. The molecular formula is C19H20FN3O5S.